The number of carbonyl (C=O) groups is 1. The Morgan fingerprint density at radius 3 is 2.40 bits per heavy atom. The van der Waals surface area contributed by atoms with E-state index in [1.165, 1.54) is 12.1 Å². The van der Waals surface area contributed by atoms with Gasteiger partial charge in [-0.2, -0.15) is 0 Å². The zero-order valence-corrected chi connectivity index (χ0v) is 12.0. The first-order valence-corrected chi connectivity index (χ1v) is 6.97. The largest absolute Gasteiger partial charge is 0.329 e. The first-order valence-electron chi connectivity index (χ1n) is 6.97. The number of urea groups is 1. The molecule has 4 nitrogen and oxygen atoms in total. The predicted octanol–water partition coefficient (Wildman–Crippen LogP) is 2.19. The number of nitrogens with zero attached hydrogens (tertiary/aromatic N) is 1. The zero-order valence-electron chi connectivity index (χ0n) is 12.0. The molecule has 0 bridgehead atoms. The van der Waals surface area contributed by atoms with Gasteiger partial charge in [0.2, 0.25) is 0 Å². The molecule has 20 heavy (non-hydrogen) atoms. The van der Waals surface area contributed by atoms with Crippen molar-refractivity contribution in [3.63, 3.8) is 0 Å². The molecule has 2 amide bonds. The lowest BCUT2D eigenvalue weighted by atomic mass is 9.94. The first-order chi connectivity index (χ1) is 9.38. The highest BCUT2D eigenvalue weighted by molar-refractivity contribution is 5.75. The molecule has 0 unspecified atom stereocenters. The fourth-order valence-electron chi connectivity index (χ4n) is 2.39. The minimum atomic E-state index is -0.537. The summed E-state index contributed by atoms with van der Waals surface area (Å²) in [6.45, 7) is 5.20. The Kier molecular flexibility index (Phi) is 4.28. The summed E-state index contributed by atoms with van der Waals surface area (Å²) < 4.78 is 13.0. The van der Waals surface area contributed by atoms with Crippen molar-refractivity contribution in [2.24, 2.45) is 5.73 Å². The fraction of sp³-hybridized carbons (Fsp3) is 0.533. The highest BCUT2D eigenvalue weighted by atomic mass is 19.1. The number of hydrogen-bond acceptors (Lipinski definition) is 2. The van der Waals surface area contributed by atoms with E-state index in [-0.39, 0.29) is 17.9 Å². The second kappa shape index (κ2) is 5.79. The number of nitrogens with one attached hydrogen (secondary N) is 1. The van der Waals surface area contributed by atoms with Gasteiger partial charge < -0.3 is 16.0 Å². The first kappa shape index (κ1) is 14.8. The number of halogens is 1. The number of amides is 2. The van der Waals surface area contributed by atoms with Gasteiger partial charge in [0.15, 0.2) is 0 Å². The minimum absolute atomic E-state index is 0.0915. The van der Waals surface area contributed by atoms with E-state index < -0.39 is 5.54 Å². The van der Waals surface area contributed by atoms with Crippen molar-refractivity contribution in [2.45, 2.75) is 38.3 Å². The Morgan fingerprint density at radius 1 is 1.30 bits per heavy atom. The Balaban J connectivity index is 2.00. The zero-order chi connectivity index (χ0) is 14.8. The van der Waals surface area contributed by atoms with Gasteiger partial charge in [-0.1, -0.05) is 12.1 Å². The van der Waals surface area contributed by atoms with Crippen LogP contribution in [0.15, 0.2) is 24.3 Å². The van der Waals surface area contributed by atoms with Gasteiger partial charge in [-0.3, -0.25) is 0 Å². The molecule has 1 aromatic rings. The van der Waals surface area contributed by atoms with Crippen LogP contribution in [0.25, 0.3) is 0 Å². The van der Waals surface area contributed by atoms with Gasteiger partial charge in [0.1, 0.15) is 5.82 Å². The molecule has 1 aliphatic heterocycles. The maximum absolute atomic E-state index is 13.0. The molecule has 0 radical (unpaired) electrons. The van der Waals surface area contributed by atoms with Gasteiger partial charge in [0.25, 0.3) is 0 Å². The van der Waals surface area contributed by atoms with E-state index in [2.05, 4.69) is 5.32 Å². The predicted molar refractivity (Wildman–Crippen MR) is 76.7 cm³/mol. The summed E-state index contributed by atoms with van der Waals surface area (Å²) >= 11 is 0. The van der Waals surface area contributed by atoms with Gasteiger partial charge >= 0.3 is 6.03 Å². The molecule has 0 aromatic heterocycles. The molecular formula is C15H22FN3O. The number of carbonyl (C=O) groups excluding carboxylic acids is 1. The van der Waals surface area contributed by atoms with Gasteiger partial charge in [-0.25, -0.2) is 9.18 Å². The Bertz CT molecular complexity index is 465. The Labute approximate surface area is 119 Å². The lowest BCUT2D eigenvalue weighted by Gasteiger charge is -2.34. The summed E-state index contributed by atoms with van der Waals surface area (Å²) in [5.74, 6) is -0.277. The van der Waals surface area contributed by atoms with Crippen LogP contribution in [-0.2, 0) is 5.54 Å². The molecule has 110 valence electrons. The summed E-state index contributed by atoms with van der Waals surface area (Å²) in [7, 11) is 0. The average molecular weight is 279 g/mol. The molecule has 0 saturated carbocycles. The normalized spacial score (nSPS) is 17.1. The number of nitrogens with two attached hydrogens (primary N) is 1. The van der Waals surface area contributed by atoms with E-state index >= 15 is 0 Å². The van der Waals surface area contributed by atoms with E-state index in [0.29, 0.717) is 13.1 Å². The Hall–Kier alpha value is -1.62. The molecule has 1 heterocycles. The number of rotatable bonds is 2. The molecule has 1 fully saturated rings. The van der Waals surface area contributed by atoms with Gasteiger partial charge in [0, 0.05) is 19.1 Å². The molecule has 0 aliphatic carbocycles. The molecule has 2 rings (SSSR count). The molecule has 3 N–H and O–H groups in total. The van der Waals surface area contributed by atoms with Crippen LogP contribution in [0.2, 0.25) is 0 Å². The van der Waals surface area contributed by atoms with Crippen molar-refractivity contribution in [1.82, 2.24) is 10.2 Å². The van der Waals surface area contributed by atoms with Crippen LogP contribution in [-0.4, -0.2) is 30.1 Å². The fourth-order valence-corrected chi connectivity index (χ4v) is 2.39. The average Bonchev–Trinajstić information content (AvgIpc) is 2.39. The quantitative estimate of drug-likeness (QED) is 0.872. The standard InChI is InChI=1S/C15H22FN3O/c1-15(2,11-3-5-12(16)6-4-11)18-14(20)19-9-7-13(17)8-10-19/h3-6,13H,7-10,17H2,1-2H3,(H,18,20). The summed E-state index contributed by atoms with van der Waals surface area (Å²) in [5, 5.41) is 3.00. The lowest BCUT2D eigenvalue weighted by Crippen LogP contribution is -2.52. The molecule has 0 atom stereocenters. The topological polar surface area (TPSA) is 58.4 Å². The van der Waals surface area contributed by atoms with Crippen molar-refractivity contribution < 1.29 is 9.18 Å². The van der Waals surface area contributed by atoms with Gasteiger partial charge in [-0.05, 0) is 44.4 Å². The van der Waals surface area contributed by atoms with Crippen molar-refractivity contribution in [1.29, 1.82) is 0 Å². The second-order valence-corrected chi connectivity index (χ2v) is 5.89. The monoisotopic (exact) mass is 279 g/mol. The van der Waals surface area contributed by atoms with Crippen LogP contribution in [0.1, 0.15) is 32.3 Å². The van der Waals surface area contributed by atoms with Crippen LogP contribution in [0.3, 0.4) is 0 Å². The van der Waals surface area contributed by atoms with Gasteiger partial charge in [-0.15, -0.1) is 0 Å². The molecule has 1 saturated heterocycles. The van der Waals surface area contributed by atoms with Crippen LogP contribution in [0.5, 0.6) is 0 Å². The van der Waals surface area contributed by atoms with Crippen molar-refractivity contribution in [2.75, 3.05) is 13.1 Å². The van der Waals surface area contributed by atoms with Crippen LogP contribution < -0.4 is 11.1 Å². The molecule has 0 spiro atoms. The second-order valence-electron chi connectivity index (χ2n) is 5.89. The smallest absolute Gasteiger partial charge is 0.318 e. The van der Waals surface area contributed by atoms with E-state index in [9.17, 15) is 9.18 Å². The highest BCUT2D eigenvalue weighted by Crippen LogP contribution is 2.21. The summed E-state index contributed by atoms with van der Waals surface area (Å²) in [4.78, 5) is 14.0. The molecular weight excluding hydrogens is 257 g/mol. The van der Waals surface area contributed by atoms with E-state index in [1.54, 1.807) is 17.0 Å². The lowest BCUT2D eigenvalue weighted by molar-refractivity contribution is 0.172. The van der Waals surface area contributed by atoms with E-state index in [1.807, 2.05) is 13.8 Å². The van der Waals surface area contributed by atoms with Crippen LogP contribution in [0.4, 0.5) is 9.18 Å². The minimum Gasteiger partial charge on any atom is -0.329 e. The third-order valence-corrected chi connectivity index (χ3v) is 3.81. The third-order valence-electron chi connectivity index (χ3n) is 3.81. The number of likely N-dealkylation sites (tertiary alicyclic amines) is 1. The number of piperidine rings is 1. The molecule has 1 aliphatic rings. The number of benzene rings is 1. The van der Waals surface area contributed by atoms with Gasteiger partial charge in [0.05, 0.1) is 5.54 Å². The van der Waals surface area contributed by atoms with E-state index in [4.69, 9.17) is 5.73 Å². The SMILES string of the molecule is CC(C)(NC(=O)N1CCC(N)CC1)c1ccc(F)cc1. The maximum atomic E-state index is 13.0. The molecule has 5 heteroatoms. The van der Waals surface area contributed by atoms with Crippen molar-refractivity contribution >= 4 is 6.03 Å². The highest BCUT2D eigenvalue weighted by Gasteiger charge is 2.27. The van der Waals surface area contributed by atoms with E-state index in [0.717, 1.165) is 18.4 Å². The summed E-state index contributed by atoms with van der Waals surface area (Å²) in [6, 6.07) is 6.31. The molecule has 1 aromatic carbocycles. The Morgan fingerprint density at radius 2 is 1.85 bits per heavy atom. The third kappa shape index (κ3) is 3.48. The van der Waals surface area contributed by atoms with Crippen molar-refractivity contribution in [3.8, 4) is 0 Å². The van der Waals surface area contributed by atoms with Crippen LogP contribution >= 0.6 is 0 Å². The maximum Gasteiger partial charge on any atom is 0.318 e. The van der Waals surface area contributed by atoms with Crippen molar-refractivity contribution in [3.05, 3.63) is 35.6 Å². The summed E-state index contributed by atoms with van der Waals surface area (Å²) in [6.07, 6.45) is 1.68. The summed E-state index contributed by atoms with van der Waals surface area (Å²) in [5.41, 5.74) is 6.17. The number of hydrogen-bond donors (Lipinski definition) is 2. The van der Waals surface area contributed by atoms with Crippen LogP contribution in [0, 0.1) is 5.82 Å².